The minimum absolute atomic E-state index is 0.457. The maximum Gasteiger partial charge on any atom is 0.00795 e. The molecule has 1 N–H and O–H groups in total. The molecule has 2 rings (SSSR count). The number of thiophene rings is 1. The zero-order valence-corrected chi connectivity index (χ0v) is 13.7. The van der Waals surface area contributed by atoms with Crippen molar-refractivity contribution in [3.8, 4) is 0 Å². The molecule has 1 saturated carbocycles. The van der Waals surface area contributed by atoms with E-state index in [0.29, 0.717) is 5.41 Å². The Hall–Kier alpha value is -0.340. The summed E-state index contributed by atoms with van der Waals surface area (Å²) in [5.41, 5.74) is 0.457. The maximum atomic E-state index is 3.57. The van der Waals surface area contributed by atoms with Crippen molar-refractivity contribution in [2.24, 2.45) is 17.3 Å². The number of nitrogens with one attached hydrogen (secondary N) is 1. The van der Waals surface area contributed by atoms with Crippen LogP contribution in [-0.2, 0) is 0 Å². The molecule has 0 spiro atoms. The molecule has 1 nitrogen and oxygen atoms in total. The lowest BCUT2D eigenvalue weighted by atomic mass is 9.65. The van der Waals surface area contributed by atoms with Crippen LogP contribution >= 0.6 is 11.3 Å². The van der Waals surface area contributed by atoms with Gasteiger partial charge in [-0.05, 0) is 67.0 Å². The quantitative estimate of drug-likeness (QED) is 0.826. The molecule has 1 fully saturated rings. The topological polar surface area (TPSA) is 12.0 Å². The first kappa shape index (κ1) is 15.1. The van der Waals surface area contributed by atoms with Crippen LogP contribution in [0.4, 0.5) is 0 Å². The largest absolute Gasteiger partial charge is 0.317 e. The standard InChI is InChI=1S/C17H29NS/c1-5-18-12-13-8-9-14(17(2,3)4)11-15(13)16-7-6-10-19-16/h6-7,10,13-15,18H,5,8-9,11-12H2,1-4H3. The number of hydrogen-bond donors (Lipinski definition) is 1. The highest BCUT2D eigenvalue weighted by Gasteiger charge is 2.36. The van der Waals surface area contributed by atoms with Crippen LogP contribution in [0.1, 0.15) is 57.8 Å². The van der Waals surface area contributed by atoms with E-state index in [9.17, 15) is 0 Å². The zero-order chi connectivity index (χ0) is 13.9. The van der Waals surface area contributed by atoms with Crippen molar-refractivity contribution in [1.29, 1.82) is 0 Å². The first-order valence-electron chi connectivity index (χ1n) is 7.76. The van der Waals surface area contributed by atoms with Crippen molar-refractivity contribution in [3.05, 3.63) is 22.4 Å². The van der Waals surface area contributed by atoms with E-state index in [0.717, 1.165) is 24.3 Å². The van der Waals surface area contributed by atoms with Gasteiger partial charge in [0.05, 0.1) is 0 Å². The van der Waals surface area contributed by atoms with E-state index in [2.05, 4.69) is 50.5 Å². The molecule has 1 aromatic rings. The molecule has 0 saturated heterocycles. The molecule has 108 valence electrons. The predicted molar refractivity (Wildman–Crippen MR) is 85.9 cm³/mol. The normalized spacial score (nSPS) is 28.5. The van der Waals surface area contributed by atoms with Gasteiger partial charge >= 0.3 is 0 Å². The Morgan fingerprint density at radius 2 is 2.11 bits per heavy atom. The van der Waals surface area contributed by atoms with Gasteiger partial charge in [0.25, 0.3) is 0 Å². The summed E-state index contributed by atoms with van der Waals surface area (Å²) in [6, 6.07) is 4.56. The predicted octanol–water partition coefficient (Wildman–Crippen LogP) is 4.90. The summed E-state index contributed by atoms with van der Waals surface area (Å²) < 4.78 is 0. The molecular weight excluding hydrogens is 250 g/mol. The molecule has 0 aromatic carbocycles. The van der Waals surface area contributed by atoms with Crippen LogP contribution in [0.2, 0.25) is 0 Å². The highest BCUT2D eigenvalue weighted by Crippen LogP contribution is 2.47. The van der Waals surface area contributed by atoms with Gasteiger partial charge in [-0.2, -0.15) is 0 Å². The van der Waals surface area contributed by atoms with E-state index < -0.39 is 0 Å². The average Bonchev–Trinajstić information content (AvgIpc) is 2.88. The third-order valence-corrected chi connectivity index (χ3v) is 5.79. The summed E-state index contributed by atoms with van der Waals surface area (Å²) in [7, 11) is 0. The van der Waals surface area contributed by atoms with E-state index >= 15 is 0 Å². The van der Waals surface area contributed by atoms with E-state index in [-0.39, 0.29) is 0 Å². The first-order chi connectivity index (χ1) is 9.02. The summed E-state index contributed by atoms with van der Waals surface area (Å²) >= 11 is 1.95. The molecule has 19 heavy (non-hydrogen) atoms. The molecule has 0 bridgehead atoms. The van der Waals surface area contributed by atoms with Crippen LogP contribution in [0.5, 0.6) is 0 Å². The van der Waals surface area contributed by atoms with Crippen LogP contribution in [-0.4, -0.2) is 13.1 Å². The van der Waals surface area contributed by atoms with Gasteiger partial charge in [-0.25, -0.2) is 0 Å². The van der Waals surface area contributed by atoms with E-state index in [1.54, 1.807) is 4.88 Å². The second-order valence-corrected chi connectivity index (χ2v) is 8.04. The fourth-order valence-corrected chi connectivity index (χ4v) is 4.38. The van der Waals surface area contributed by atoms with Gasteiger partial charge in [0.1, 0.15) is 0 Å². The van der Waals surface area contributed by atoms with Gasteiger partial charge in [0.15, 0.2) is 0 Å². The third-order valence-electron chi connectivity index (χ3n) is 4.78. The molecule has 1 aromatic heterocycles. The molecule has 1 aliphatic rings. The van der Waals surface area contributed by atoms with Crippen molar-refractivity contribution in [2.45, 2.75) is 52.9 Å². The summed E-state index contributed by atoms with van der Waals surface area (Å²) in [5.74, 6) is 2.48. The summed E-state index contributed by atoms with van der Waals surface area (Å²) in [4.78, 5) is 1.61. The molecule has 1 heterocycles. The highest BCUT2D eigenvalue weighted by atomic mass is 32.1. The minimum atomic E-state index is 0.457. The van der Waals surface area contributed by atoms with Gasteiger partial charge in [0.2, 0.25) is 0 Å². The van der Waals surface area contributed by atoms with Crippen molar-refractivity contribution >= 4 is 11.3 Å². The van der Waals surface area contributed by atoms with Gasteiger partial charge in [-0.1, -0.05) is 33.8 Å². The number of hydrogen-bond acceptors (Lipinski definition) is 2. The SMILES string of the molecule is CCNCC1CCC(C(C)(C)C)CC1c1cccs1. The van der Waals surface area contributed by atoms with E-state index in [1.807, 2.05) is 11.3 Å². The molecule has 0 aliphatic heterocycles. The van der Waals surface area contributed by atoms with Gasteiger partial charge in [-0.3, -0.25) is 0 Å². The fraction of sp³-hybridized carbons (Fsp3) is 0.765. The highest BCUT2D eigenvalue weighted by molar-refractivity contribution is 7.10. The van der Waals surface area contributed by atoms with Gasteiger partial charge in [0, 0.05) is 4.88 Å². The number of rotatable bonds is 4. The Labute approximate surface area is 122 Å². The lowest BCUT2D eigenvalue weighted by molar-refractivity contribution is 0.131. The Kier molecular flexibility index (Phi) is 5.08. The van der Waals surface area contributed by atoms with Gasteiger partial charge in [-0.15, -0.1) is 11.3 Å². The summed E-state index contributed by atoms with van der Waals surface area (Å²) in [6.07, 6.45) is 4.17. The Bertz CT molecular complexity index is 363. The Balaban J connectivity index is 2.10. The molecule has 3 unspecified atom stereocenters. The summed E-state index contributed by atoms with van der Waals surface area (Å²) in [5, 5.41) is 5.80. The Morgan fingerprint density at radius 3 is 2.68 bits per heavy atom. The maximum absolute atomic E-state index is 3.57. The van der Waals surface area contributed by atoms with Crippen LogP contribution in [0.25, 0.3) is 0 Å². The molecule has 1 aliphatic carbocycles. The molecule has 0 amide bonds. The molecular formula is C17H29NS. The smallest absolute Gasteiger partial charge is 0.00795 e. The molecule has 3 atom stereocenters. The minimum Gasteiger partial charge on any atom is -0.317 e. The van der Waals surface area contributed by atoms with Crippen LogP contribution in [0.3, 0.4) is 0 Å². The van der Waals surface area contributed by atoms with Crippen molar-refractivity contribution in [1.82, 2.24) is 5.32 Å². The van der Waals surface area contributed by atoms with E-state index in [1.165, 1.54) is 25.8 Å². The second kappa shape index (κ2) is 6.41. The van der Waals surface area contributed by atoms with E-state index in [4.69, 9.17) is 0 Å². The lowest BCUT2D eigenvalue weighted by Crippen LogP contribution is -2.35. The third kappa shape index (κ3) is 3.82. The first-order valence-corrected chi connectivity index (χ1v) is 8.64. The average molecular weight is 279 g/mol. The fourth-order valence-electron chi connectivity index (χ4n) is 3.44. The van der Waals surface area contributed by atoms with Crippen molar-refractivity contribution in [3.63, 3.8) is 0 Å². The van der Waals surface area contributed by atoms with Crippen molar-refractivity contribution in [2.75, 3.05) is 13.1 Å². The van der Waals surface area contributed by atoms with Crippen LogP contribution < -0.4 is 5.32 Å². The lowest BCUT2D eigenvalue weighted by Gasteiger charge is -2.41. The second-order valence-electron chi connectivity index (χ2n) is 7.07. The van der Waals surface area contributed by atoms with Crippen LogP contribution in [0, 0.1) is 17.3 Å². The van der Waals surface area contributed by atoms with Crippen LogP contribution in [0.15, 0.2) is 17.5 Å². The van der Waals surface area contributed by atoms with Crippen molar-refractivity contribution < 1.29 is 0 Å². The molecule has 0 radical (unpaired) electrons. The summed E-state index contributed by atoms with van der Waals surface area (Å²) in [6.45, 7) is 11.7. The van der Waals surface area contributed by atoms with Gasteiger partial charge < -0.3 is 5.32 Å². The zero-order valence-electron chi connectivity index (χ0n) is 12.9. The monoisotopic (exact) mass is 279 g/mol. The Morgan fingerprint density at radius 1 is 1.32 bits per heavy atom. The molecule has 2 heteroatoms.